The van der Waals surface area contributed by atoms with Gasteiger partial charge in [-0.05, 0) is 41.0 Å². The second-order valence-electron chi connectivity index (χ2n) is 5.84. The van der Waals surface area contributed by atoms with E-state index in [1.54, 1.807) is 0 Å². The molecule has 2 rings (SSSR count). The molecule has 0 spiro atoms. The second kappa shape index (κ2) is 3.89. The van der Waals surface area contributed by atoms with Gasteiger partial charge in [-0.25, -0.2) is 4.98 Å². The summed E-state index contributed by atoms with van der Waals surface area (Å²) >= 11 is 1.52. The van der Waals surface area contributed by atoms with Gasteiger partial charge < -0.3 is 4.74 Å². The van der Waals surface area contributed by atoms with Crippen LogP contribution in [0.1, 0.15) is 49.6 Å². The minimum absolute atomic E-state index is 0.0981. The highest BCUT2D eigenvalue weighted by molar-refractivity contribution is 7.09. The van der Waals surface area contributed by atoms with Crippen molar-refractivity contribution in [2.24, 2.45) is 5.92 Å². The van der Waals surface area contributed by atoms with Crippen molar-refractivity contribution in [3.8, 4) is 0 Å². The van der Waals surface area contributed by atoms with E-state index in [2.05, 4.69) is 4.98 Å². The molecule has 1 unspecified atom stereocenters. The van der Waals surface area contributed by atoms with Crippen LogP contribution in [0.4, 0.5) is 0 Å². The zero-order chi connectivity index (χ0) is 12.8. The maximum Gasteiger partial charge on any atom is 0.188 e. The number of aromatic nitrogens is 1. The van der Waals surface area contributed by atoms with Crippen LogP contribution in [-0.2, 0) is 4.74 Å². The lowest BCUT2D eigenvalue weighted by Gasteiger charge is -2.26. The number of hydrogen-bond donors (Lipinski definition) is 0. The van der Waals surface area contributed by atoms with Crippen LogP contribution in [0, 0.1) is 12.8 Å². The van der Waals surface area contributed by atoms with Gasteiger partial charge in [0.1, 0.15) is 5.69 Å². The third-order valence-electron chi connectivity index (χ3n) is 3.26. The smallest absolute Gasteiger partial charge is 0.188 e. The zero-order valence-electron chi connectivity index (χ0n) is 11.0. The maximum atomic E-state index is 12.4. The van der Waals surface area contributed by atoms with Crippen LogP contribution in [0.25, 0.3) is 0 Å². The molecule has 0 amide bonds. The number of hydrogen-bond acceptors (Lipinski definition) is 4. The zero-order valence-corrected chi connectivity index (χ0v) is 11.9. The van der Waals surface area contributed by atoms with Crippen molar-refractivity contribution in [1.29, 1.82) is 0 Å². The predicted octanol–water partition coefficient (Wildman–Crippen LogP) is 3.23. The molecule has 94 valence electrons. The molecule has 1 saturated heterocycles. The van der Waals surface area contributed by atoms with E-state index in [0.29, 0.717) is 5.69 Å². The van der Waals surface area contributed by atoms with Gasteiger partial charge >= 0.3 is 0 Å². The summed E-state index contributed by atoms with van der Waals surface area (Å²) in [6, 6.07) is 0. The number of thiazole rings is 1. The number of rotatable bonds is 2. The third-order valence-corrected chi connectivity index (χ3v) is 4.04. The highest BCUT2D eigenvalue weighted by atomic mass is 32.1. The quantitative estimate of drug-likeness (QED) is 0.760. The van der Waals surface area contributed by atoms with Crippen molar-refractivity contribution in [2.75, 3.05) is 0 Å². The van der Waals surface area contributed by atoms with Gasteiger partial charge in [0.15, 0.2) is 5.78 Å². The third kappa shape index (κ3) is 2.43. The minimum atomic E-state index is -0.405. The van der Waals surface area contributed by atoms with E-state index >= 15 is 0 Å². The Labute approximate surface area is 106 Å². The molecule has 1 aliphatic rings. The minimum Gasteiger partial charge on any atom is -0.369 e. The highest BCUT2D eigenvalue weighted by Gasteiger charge is 2.49. The largest absolute Gasteiger partial charge is 0.369 e. The van der Waals surface area contributed by atoms with Gasteiger partial charge in [0.05, 0.1) is 22.1 Å². The van der Waals surface area contributed by atoms with Crippen molar-refractivity contribution in [1.82, 2.24) is 4.98 Å². The molecule has 0 radical (unpaired) electrons. The van der Waals surface area contributed by atoms with Crippen LogP contribution in [0.2, 0.25) is 0 Å². The lowest BCUT2D eigenvalue weighted by atomic mass is 9.83. The molecule has 0 saturated carbocycles. The van der Waals surface area contributed by atoms with E-state index in [-0.39, 0.29) is 17.3 Å². The summed E-state index contributed by atoms with van der Waals surface area (Å²) in [5.74, 6) is 0.0175. The summed E-state index contributed by atoms with van der Waals surface area (Å²) in [4.78, 5) is 16.7. The molecule has 1 fully saturated rings. The molecule has 4 heteroatoms. The normalized spacial score (nSPS) is 26.1. The van der Waals surface area contributed by atoms with Crippen molar-refractivity contribution >= 4 is 17.1 Å². The average molecular weight is 253 g/mol. The van der Waals surface area contributed by atoms with Gasteiger partial charge in [0.2, 0.25) is 0 Å². The van der Waals surface area contributed by atoms with Crippen LogP contribution in [0.15, 0.2) is 5.38 Å². The standard InChI is InChI=1S/C13H19NO2S/c1-8-14-10(7-17-8)11(15)9-6-12(2,3)16-13(9,4)5/h7,9H,6H2,1-5H3. The number of carbonyl (C=O) groups excluding carboxylic acids is 1. The number of ketones is 1. The number of nitrogens with zero attached hydrogens (tertiary/aromatic N) is 1. The first-order valence-corrected chi connectivity index (χ1v) is 6.76. The summed E-state index contributed by atoms with van der Waals surface area (Å²) in [5.41, 5.74) is -0.0422. The maximum absolute atomic E-state index is 12.4. The first kappa shape index (κ1) is 12.7. The molecule has 1 aromatic rings. The Morgan fingerprint density at radius 1 is 1.47 bits per heavy atom. The number of Topliss-reactive ketones (excluding diaryl/α,β-unsaturated/α-hetero) is 1. The van der Waals surface area contributed by atoms with Crippen LogP contribution >= 0.6 is 11.3 Å². The van der Waals surface area contributed by atoms with Crippen molar-refractivity contribution in [2.45, 2.75) is 52.2 Å². The molecule has 0 aliphatic carbocycles. The molecule has 0 N–H and O–H groups in total. The first-order valence-electron chi connectivity index (χ1n) is 5.88. The Hall–Kier alpha value is -0.740. The SMILES string of the molecule is Cc1nc(C(=O)C2CC(C)(C)OC2(C)C)cs1. The number of ether oxygens (including phenoxy) is 1. The molecular formula is C13H19NO2S. The fraction of sp³-hybridized carbons (Fsp3) is 0.692. The van der Waals surface area contributed by atoms with E-state index in [1.807, 2.05) is 40.0 Å². The molecule has 0 aromatic carbocycles. The summed E-state index contributed by atoms with van der Waals surface area (Å²) < 4.78 is 5.95. The van der Waals surface area contributed by atoms with Crippen molar-refractivity contribution in [3.63, 3.8) is 0 Å². The summed E-state index contributed by atoms with van der Waals surface area (Å²) in [7, 11) is 0. The Balaban J connectivity index is 2.26. The topological polar surface area (TPSA) is 39.2 Å². The summed E-state index contributed by atoms with van der Waals surface area (Å²) in [6.07, 6.45) is 0.759. The van der Waals surface area contributed by atoms with Crippen LogP contribution < -0.4 is 0 Å². The Morgan fingerprint density at radius 2 is 2.12 bits per heavy atom. The molecule has 2 heterocycles. The Bertz CT molecular complexity index is 448. The Kier molecular flexibility index (Phi) is 2.91. The van der Waals surface area contributed by atoms with Gasteiger partial charge in [0, 0.05) is 5.38 Å². The van der Waals surface area contributed by atoms with E-state index in [1.165, 1.54) is 11.3 Å². The molecule has 1 aliphatic heterocycles. The molecule has 1 aromatic heterocycles. The van der Waals surface area contributed by atoms with E-state index in [4.69, 9.17) is 4.74 Å². The van der Waals surface area contributed by atoms with Gasteiger partial charge in [-0.15, -0.1) is 11.3 Å². The fourth-order valence-electron chi connectivity index (χ4n) is 2.63. The van der Waals surface area contributed by atoms with Gasteiger partial charge in [-0.1, -0.05) is 0 Å². The lowest BCUT2D eigenvalue weighted by Crippen LogP contribution is -2.34. The predicted molar refractivity (Wildman–Crippen MR) is 68.5 cm³/mol. The summed E-state index contributed by atoms with van der Waals surface area (Å²) in [5, 5.41) is 2.78. The van der Waals surface area contributed by atoms with Crippen LogP contribution in [0.3, 0.4) is 0 Å². The van der Waals surface area contributed by atoms with Gasteiger partial charge in [-0.3, -0.25) is 4.79 Å². The Morgan fingerprint density at radius 3 is 2.53 bits per heavy atom. The molecule has 0 bridgehead atoms. The van der Waals surface area contributed by atoms with E-state index < -0.39 is 5.60 Å². The molecule has 1 atom stereocenters. The van der Waals surface area contributed by atoms with E-state index in [9.17, 15) is 4.79 Å². The molecule has 17 heavy (non-hydrogen) atoms. The number of aryl methyl sites for hydroxylation is 1. The fourth-order valence-corrected chi connectivity index (χ4v) is 3.23. The monoisotopic (exact) mass is 253 g/mol. The highest BCUT2D eigenvalue weighted by Crippen LogP contribution is 2.43. The first-order chi connectivity index (χ1) is 7.71. The van der Waals surface area contributed by atoms with Crippen molar-refractivity contribution < 1.29 is 9.53 Å². The van der Waals surface area contributed by atoms with Crippen LogP contribution in [0.5, 0.6) is 0 Å². The lowest BCUT2D eigenvalue weighted by molar-refractivity contribution is -0.0712. The van der Waals surface area contributed by atoms with Crippen LogP contribution in [-0.4, -0.2) is 22.0 Å². The summed E-state index contributed by atoms with van der Waals surface area (Å²) in [6.45, 7) is 9.97. The van der Waals surface area contributed by atoms with E-state index in [0.717, 1.165) is 11.4 Å². The molecular weight excluding hydrogens is 234 g/mol. The van der Waals surface area contributed by atoms with Gasteiger partial charge in [0.25, 0.3) is 0 Å². The second-order valence-corrected chi connectivity index (χ2v) is 6.90. The molecule has 3 nitrogen and oxygen atoms in total. The van der Waals surface area contributed by atoms with Crippen molar-refractivity contribution in [3.05, 3.63) is 16.1 Å². The van der Waals surface area contributed by atoms with Gasteiger partial charge in [-0.2, -0.15) is 0 Å². The number of carbonyl (C=O) groups is 1. The average Bonchev–Trinajstić information content (AvgIpc) is 2.66.